The molecule has 0 bridgehead atoms. The van der Waals surface area contributed by atoms with Gasteiger partial charge < -0.3 is 19.5 Å². The first kappa shape index (κ1) is 17.1. The van der Waals surface area contributed by atoms with E-state index in [0.717, 1.165) is 5.56 Å². The van der Waals surface area contributed by atoms with E-state index in [1.807, 2.05) is 6.92 Å². The van der Waals surface area contributed by atoms with Crippen molar-refractivity contribution in [3.63, 3.8) is 0 Å². The molecular weight excluding hydrogens is 298 g/mol. The van der Waals surface area contributed by atoms with Crippen molar-refractivity contribution in [3.8, 4) is 11.5 Å². The molecule has 1 aromatic carbocycles. The van der Waals surface area contributed by atoms with E-state index < -0.39 is 5.97 Å². The third-order valence-electron chi connectivity index (χ3n) is 4.40. The minimum atomic E-state index is -0.779. The molecule has 6 nitrogen and oxygen atoms in total. The number of hydrogen-bond donors (Lipinski definition) is 1. The first-order chi connectivity index (χ1) is 11.0. The Hall–Kier alpha value is -2.24. The summed E-state index contributed by atoms with van der Waals surface area (Å²) in [7, 11) is 3.14. The van der Waals surface area contributed by atoms with Gasteiger partial charge in [-0.3, -0.25) is 9.59 Å². The summed E-state index contributed by atoms with van der Waals surface area (Å²) in [4.78, 5) is 25.4. The number of amides is 1. The topological polar surface area (TPSA) is 76.1 Å². The van der Waals surface area contributed by atoms with Gasteiger partial charge in [0.15, 0.2) is 0 Å². The summed E-state index contributed by atoms with van der Waals surface area (Å²) in [6.07, 6.45) is 0.711. The Morgan fingerprint density at radius 1 is 1.30 bits per heavy atom. The fraction of sp³-hybridized carbons (Fsp3) is 0.529. The Morgan fingerprint density at radius 3 is 2.61 bits per heavy atom. The Kier molecular flexibility index (Phi) is 5.47. The largest absolute Gasteiger partial charge is 0.497 e. The summed E-state index contributed by atoms with van der Waals surface area (Å²) in [6, 6.07) is 5.36. The van der Waals surface area contributed by atoms with Crippen LogP contribution in [0.25, 0.3) is 0 Å². The quantitative estimate of drug-likeness (QED) is 0.895. The predicted octanol–water partition coefficient (Wildman–Crippen LogP) is 1.82. The van der Waals surface area contributed by atoms with Gasteiger partial charge in [-0.15, -0.1) is 0 Å². The lowest BCUT2D eigenvalue weighted by atomic mass is 9.87. The molecule has 0 aromatic heterocycles. The van der Waals surface area contributed by atoms with Crippen molar-refractivity contribution in [3.05, 3.63) is 23.8 Å². The number of likely N-dealkylation sites (tertiary alicyclic amines) is 1. The number of nitrogens with zero attached hydrogens (tertiary/aromatic N) is 1. The summed E-state index contributed by atoms with van der Waals surface area (Å²) < 4.78 is 10.5. The van der Waals surface area contributed by atoms with Crippen LogP contribution in [-0.2, 0) is 16.0 Å². The number of carbonyl (C=O) groups is 2. The van der Waals surface area contributed by atoms with Crippen molar-refractivity contribution in [2.75, 3.05) is 27.3 Å². The number of carboxylic acids is 1. The fourth-order valence-electron chi connectivity index (χ4n) is 3.03. The zero-order valence-electron chi connectivity index (χ0n) is 13.7. The first-order valence-corrected chi connectivity index (χ1v) is 7.67. The lowest BCUT2D eigenvalue weighted by molar-refractivity contribution is -0.148. The summed E-state index contributed by atoms with van der Waals surface area (Å²) in [5.74, 6) is 0.105. The Bertz CT molecular complexity index is 586. The van der Waals surface area contributed by atoms with Gasteiger partial charge in [-0.25, -0.2) is 0 Å². The van der Waals surface area contributed by atoms with Crippen LogP contribution >= 0.6 is 0 Å². The highest BCUT2D eigenvalue weighted by Gasteiger charge is 2.33. The van der Waals surface area contributed by atoms with E-state index in [0.29, 0.717) is 31.0 Å². The highest BCUT2D eigenvalue weighted by molar-refractivity contribution is 5.80. The molecule has 23 heavy (non-hydrogen) atoms. The summed E-state index contributed by atoms with van der Waals surface area (Å²) in [5, 5.41) is 9.16. The van der Waals surface area contributed by atoms with Crippen molar-refractivity contribution in [1.29, 1.82) is 0 Å². The molecule has 0 saturated carbocycles. The van der Waals surface area contributed by atoms with Gasteiger partial charge in [0.05, 0.1) is 26.6 Å². The number of rotatable bonds is 5. The van der Waals surface area contributed by atoms with Crippen molar-refractivity contribution >= 4 is 11.9 Å². The highest BCUT2D eigenvalue weighted by atomic mass is 16.5. The third kappa shape index (κ3) is 3.94. The van der Waals surface area contributed by atoms with Gasteiger partial charge in [-0.2, -0.15) is 0 Å². The number of ether oxygens (including phenoxy) is 2. The Labute approximate surface area is 136 Å². The molecular formula is C17H23NO5. The van der Waals surface area contributed by atoms with Crippen LogP contribution in [0, 0.1) is 11.8 Å². The zero-order valence-corrected chi connectivity index (χ0v) is 13.7. The number of benzene rings is 1. The summed E-state index contributed by atoms with van der Waals surface area (Å²) in [6.45, 7) is 2.83. The maximum atomic E-state index is 12.5. The van der Waals surface area contributed by atoms with Crippen LogP contribution in [0.4, 0.5) is 0 Å². The molecule has 126 valence electrons. The van der Waals surface area contributed by atoms with Gasteiger partial charge in [-0.05, 0) is 30.5 Å². The molecule has 0 radical (unpaired) electrons. The molecule has 2 rings (SSSR count). The smallest absolute Gasteiger partial charge is 0.306 e. The van der Waals surface area contributed by atoms with Crippen LogP contribution in [0.3, 0.4) is 0 Å². The number of carbonyl (C=O) groups excluding carboxylic acids is 1. The molecule has 2 atom stereocenters. The van der Waals surface area contributed by atoms with Crippen LogP contribution in [0.2, 0.25) is 0 Å². The lowest BCUT2D eigenvalue weighted by Gasteiger charge is -2.35. The van der Waals surface area contributed by atoms with E-state index in [4.69, 9.17) is 14.6 Å². The number of hydrogen-bond acceptors (Lipinski definition) is 4. The molecule has 0 aliphatic carbocycles. The van der Waals surface area contributed by atoms with Gasteiger partial charge >= 0.3 is 5.97 Å². The second-order valence-corrected chi connectivity index (χ2v) is 5.90. The minimum Gasteiger partial charge on any atom is -0.497 e. The van der Waals surface area contributed by atoms with E-state index in [-0.39, 0.29) is 24.2 Å². The van der Waals surface area contributed by atoms with Crippen molar-refractivity contribution in [2.24, 2.45) is 11.8 Å². The molecule has 1 heterocycles. The van der Waals surface area contributed by atoms with Gasteiger partial charge in [-0.1, -0.05) is 6.92 Å². The SMILES string of the molecule is COc1ccc(OC)c(CC(=O)N2CCC(C(=O)O)C(C)C2)c1. The molecule has 1 fully saturated rings. The minimum absolute atomic E-state index is 0.0211. The summed E-state index contributed by atoms with van der Waals surface area (Å²) in [5.41, 5.74) is 0.768. The Balaban J connectivity index is 2.06. The molecule has 1 saturated heterocycles. The molecule has 1 aliphatic heterocycles. The summed E-state index contributed by atoms with van der Waals surface area (Å²) >= 11 is 0. The number of methoxy groups -OCH3 is 2. The lowest BCUT2D eigenvalue weighted by Crippen LogP contribution is -2.45. The molecule has 6 heteroatoms. The van der Waals surface area contributed by atoms with Crippen molar-refractivity contribution in [1.82, 2.24) is 4.90 Å². The van der Waals surface area contributed by atoms with Gasteiger partial charge in [0.2, 0.25) is 5.91 Å². The maximum Gasteiger partial charge on any atom is 0.306 e. The molecule has 1 aliphatic rings. The van der Waals surface area contributed by atoms with Gasteiger partial charge in [0.1, 0.15) is 11.5 Å². The van der Waals surface area contributed by atoms with E-state index >= 15 is 0 Å². The van der Waals surface area contributed by atoms with Crippen LogP contribution in [0.15, 0.2) is 18.2 Å². The second-order valence-electron chi connectivity index (χ2n) is 5.90. The van der Waals surface area contributed by atoms with Crippen LogP contribution in [-0.4, -0.2) is 49.2 Å². The Morgan fingerprint density at radius 2 is 2.04 bits per heavy atom. The van der Waals surface area contributed by atoms with Gasteiger partial charge in [0, 0.05) is 18.7 Å². The van der Waals surface area contributed by atoms with Gasteiger partial charge in [0.25, 0.3) is 0 Å². The number of aliphatic carboxylic acids is 1. The van der Waals surface area contributed by atoms with E-state index in [1.165, 1.54) is 0 Å². The van der Waals surface area contributed by atoms with E-state index in [2.05, 4.69) is 0 Å². The number of carboxylic acid groups (broad SMARTS) is 1. The van der Waals surface area contributed by atoms with Crippen molar-refractivity contribution < 1.29 is 24.2 Å². The monoisotopic (exact) mass is 321 g/mol. The van der Waals surface area contributed by atoms with Crippen LogP contribution < -0.4 is 9.47 Å². The molecule has 0 spiro atoms. The molecule has 1 amide bonds. The average Bonchev–Trinajstić information content (AvgIpc) is 2.54. The average molecular weight is 321 g/mol. The molecule has 1 aromatic rings. The number of piperidine rings is 1. The second kappa shape index (κ2) is 7.35. The molecule has 1 N–H and O–H groups in total. The predicted molar refractivity (Wildman–Crippen MR) is 84.7 cm³/mol. The van der Waals surface area contributed by atoms with E-state index in [1.54, 1.807) is 37.3 Å². The standard InChI is InChI=1S/C17H23NO5/c1-11-10-18(7-6-14(11)17(20)21)16(19)9-12-8-13(22-2)4-5-15(12)23-3/h4-5,8,11,14H,6-7,9-10H2,1-3H3,(H,20,21). The molecule has 2 unspecified atom stereocenters. The normalized spacial score (nSPS) is 20.9. The highest BCUT2D eigenvalue weighted by Crippen LogP contribution is 2.27. The van der Waals surface area contributed by atoms with Crippen LogP contribution in [0.5, 0.6) is 11.5 Å². The van der Waals surface area contributed by atoms with Crippen LogP contribution in [0.1, 0.15) is 18.9 Å². The first-order valence-electron chi connectivity index (χ1n) is 7.67. The third-order valence-corrected chi connectivity index (χ3v) is 4.40. The van der Waals surface area contributed by atoms with Crippen molar-refractivity contribution in [2.45, 2.75) is 19.8 Å². The fourth-order valence-corrected chi connectivity index (χ4v) is 3.03. The zero-order chi connectivity index (χ0) is 17.0. The maximum absolute atomic E-state index is 12.5. The van der Waals surface area contributed by atoms with E-state index in [9.17, 15) is 9.59 Å².